The highest BCUT2D eigenvalue weighted by molar-refractivity contribution is 5.76. The minimum absolute atomic E-state index is 0.211. The second-order valence-electron chi connectivity index (χ2n) is 5.48. The molecule has 0 heterocycles. The number of nitrogens with zero attached hydrogens (tertiary/aromatic N) is 1. The average Bonchev–Trinajstić information content (AvgIpc) is 2.29. The molecule has 4 nitrogen and oxygen atoms in total. The van der Waals surface area contributed by atoms with Crippen LogP contribution in [0.25, 0.3) is 0 Å². The third-order valence-electron chi connectivity index (χ3n) is 3.65. The fourth-order valence-electron chi connectivity index (χ4n) is 2.42. The topological polar surface area (TPSA) is 58.4 Å². The van der Waals surface area contributed by atoms with Crippen molar-refractivity contribution in [3.05, 3.63) is 0 Å². The summed E-state index contributed by atoms with van der Waals surface area (Å²) in [6, 6.07) is 0. The summed E-state index contributed by atoms with van der Waals surface area (Å²) in [6.45, 7) is 2.47. The van der Waals surface area contributed by atoms with Crippen LogP contribution in [0.1, 0.15) is 32.1 Å². The van der Waals surface area contributed by atoms with Gasteiger partial charge in [0.15, 0.2) is 0 Å². The number of carbonyl (C=O) groups is 1. The normalized spacial score (nSPS) is 24.9. The van der Waals surface area contributed by atoms with Crippen LogP contribution in [0.15, 0.2) is 0 Å². The minimum Gasteiger partial charge on any atom is -0.355 e. The van der Waals surface area contributed by atoms with Crippen LogP contribution in [0.4, 0.5) is 0 Å². The largest absolute Gasteiger partial charge is 0.355 e. The summed E-state index contributed by atoms with van der Waals surface area (Å²) in [5, 5.41) is 2.98. The van der Waals surface area contributed by atoms with Gasteiger partial charge in [0.2, 0.25) is 5.91 Å². The number of nitrogens with one attached hydrogen (secondary N) is 1. The highest BCUT2D eigenvalue weighted by Crippen LogP contribution is 2.29. The smallest absolute Gasteiger partial charge is 0.220 e. The summed E-state index contributed by atoms with van der Waals surface area (Å²) in [7, 11) is 4.03. The predicted molar refractivity (Wildman–Crippen MR) is 70.7 cm³/mol. The van der Waals surface area contributed by atoms with Crippen LogP contribution in [0.5, 0.6) is 0 Å². The highest BCUT2D eigenvalue weighted by Gasteiger charge is 2.21. The number of amides is 1. The minimum atomic E-state index is 0.211. The van der Waals surface area contributed by atoms with Crippen molar-refractivity contribution in [1.29, 1.82) is 0 Å². The van der Waals surface area contributed by atoms with Crippen molar-refractivity contribution >= 4 is 5.91 Å². The maximum Gasteiger partial charge on any atom is 0.220 e. The van der Waals surface area contributed by atoms with Crippen LogP contribution in [0, 0.1) is 11.8 Å². The molecule has 0 unspecified atom stereocenters. The van der Waals surface area contributed by atoms with Gasteiger partial charge in [0, 0.05) is 19.5 Å². The molecule has 1 rings (SSSR count). The summed E-state index contributed by atoms with van der Waals surface area (Å²) in [6.07, 6.45) is 5.44. The van der Waals surface area contributed by atoms with E-state index in [4.69, 9.17) is 5.73 Å². The van der Waals surface area contributed by atoms with E-state index in [0.29, 0.717) is 18.3 Å². The Kier molecular flexibility index (Phi) is 6.52. The van der Waals surface area contributed by atoms with Gasteiger partial charge in [0.25, 0.3) is 0 Å². The number of hydrogen-bond donors (Lipinski definition) is 2. The summed E-state index contributed by atoms with van der Waals surface area (Å²) < 4.78 is 0. The molecule has 0 radical (unpaired) electrons. The van der Waals surface area contributed by atoms with E-state index in [0.717, 1.165) is 19.6 Å². The average molecular weight is 241 g/mol. The fourth-order valence-corrected chi connectivity index (χ4v) is 2.42. The van der Waals surface area contributed by atoms with Crippen molar-refractivity contribution < 1.29 is 4.79 Å². The molecule has 1 saturated carbocycles. The molecule has 4 heteroatoms. The molecule has 100 valence electrons. The van der Waals surface area contributed by atoms with Crippen molar-refractivity contribution in [1.82, 2.24) is 10.2 Å². The van der Waals surface area contributed by atoms with Crippen molar-refractivity contribution in [2.75, 3.05) is 33.7 Å². The molecule has 3 N–H and O–H groups in total. The van der Waals surface area contributed by atoms with E-state index in [-0.39, 0.29) is 5.91 Å². The first kappa shape index (κ1) is 14.5. The first-order chi connectivity index (χ1) is 8.11. The van der Waals surface area contributed by atoms with Gasteiger partial charge in [-0.2, -0.15) is 0 Å². The van der Waals surface area contributed by atoms with Crippen molar-refractivity contribution in [3.8, 4) is 0 Å². The Morgan fingerprint density at radius 1 is 1.24 bits per heavy atom. The SMILES string of the molecule is CN(C)CCNC(=O)CC1CCC(CN)CC1. The van der Waals surface area contributed by atoms with Gasteiger partial charge in [-0.15, -0.1) is 0 Å². The predicted octanol–water partition coefficient (Wildman–Crippen LogP) is 0.819. The van der Waals surface area contributed by atoms with Crippen molar-refractivity contribution in [2.24, 2.45) is 17.6 Å². The van der Waals surface area contributed by atoms with E-state index in [1.54, 1.807) is 0 Å². The maximum absolute atomic E-state index is 11.7. The second kappa shape index (κ2) is 7.67. The Morgan fingerprint density at radius 3 is 2.35 bits per heavy atom. The van der Waals surface area contributed by atoms with Gasteiger partial charge in [0.1, 0.15) is 0 Å². The van der Waals surface area contributed by atoms with E-state index >= 15 is 0 Å². The monoisotopic (exact) mass is 241 g/mol. The summed E-state index contributed by atoms with van der Waals surface area (Å²) >= 11 is 0. The van der Waals surface area contributed by atoms with Crippen molar-refractivity contribution in [3.63, 3.8) is 0 Å². The molecule has 1 fully saturated rings. The number of carbonyl (C=O) groups excluding carboxylic acids is 1. The van der Waals surface area contributed by atoms with Gasteiger partial charge < -0.3 is 16.0 Å². The molecular formula is C13H27N3O. The molecular weight excluding hydrogens is 214 g/mol. The van der Waals surface area contributed by atoms with Crippen LogP contribution in [-0.4, -0.2) is 44.5 Å². The van der Waals surface area contributed by atoms with Gasteiger partial charge >= 0.3 is 0 Å². The molecule has 0 spiro atoms. The molecule has 0 aliphatic heterocycles. The Bertz CT molecular complexity index is 223. The first-order valence-corrected chi connectivity index (χ1v) is 6.73. The van der Waals surface area contributed by atoms with Gasteiger partial charge in [-0.25, -0.2) is 0 Å². The van der Waals surface area contributed by atoms with Gasteiger partial charge in [0.05, 0.1) is 0 Å². The van der Waals surface area contributed by atoms with Gasteiger partial charge in [-0.1, -0.05) is 0 Å². The molecule has 0 bridgehead atoms. The molecule has 0 atom stereocenters. The second-order valence-corrected chi connectivity index (χ2v) is 5.48. The zero-order valence-electron chi connectivity index (χ0n) is 11.2. The summed E-state index contributed by atoms with van der Waals surface area (Å²) in [5.41, 5.74) is 5.66. The molecule has 0 aromatic heterocycles. The number of rotatable bonds is 6. The van der Waals surface area contributed by atoms with E-state index in [1.165, 1.54) is 25.7 Å². The molecule has 0 aromatic rings. The van der Waals surface area contributed by atoms with Crippen molar-refractivity contribution in [2.45, 2.75) is 32.1 Å². The quantitative estimate of drug-likeness (QED) is 0.724. The van der Waals surface area contributed by atoms with E-state index in [9.17, 15) is 4.79 Å². The Morgan fingerprint density at radius 2 is 1.82 bits per heavy atom. The number of likely N-dealkylation sites (N-methyl/N-ethyl adjacent to an activating group) is 1. The molecule has 0 aromatic carbocycles. The standard InChI is InChI=1S/C13H27N3O/c1-16(2)8-7-15-13(17)9-11-3-5-12(10-14)6-4-11/h11-12H,3-10,14H2,1-2H3,(H,15,17). The Hall–Kier alpha value is -0.610. The lowest BCUT2D eigenvalue weighted by atomic mass is 9.80. The van der Waals surface area contributed by atoms with E-state index in [1.807, 2.05) is 14.1 Å². The number of nitrogens with two attached hydrogens (primary N) is 1. The third kappa shape index (κ3) is 6.03. The zero-order valence-corrected chi connectivity index (χ0v) is 11.2. The van der Waals surface area contributed by atoms with Crippen LogP contribution in [0.2, 0.25) is 0 Å². The number of hydrogen-bond acceptors (Lipinski definition) is 3. The lowest BCUT2D eigenvalue weighted by Crippen LogP contribution is -2.33. The Labute approximate surface area is 105 Å². The van der Waals surface area contributed by atoms with Crippen LogP contribution in [0.3, 0.4) is 0 Å². The van der Waals surface area contributed by atoms with E-state index < -0.39 is 0 Å². The van der Waals surface area contributed by atoms with E-state index in [2.05, 4.69) is 10.2 Å². The Balaban J connectivity index is 2.10. The lowest BCUT2D eigenvalue weighted by Gasteiger charge is -2.27. The molecule has 17 heavy (non-hydrogen) atoms. The highest BCUT2D eigenvalue weighted by atomic mass is 16.1. The maximum atomic E-state index is 11.7. The summed E-state index contributed by atoms with van der Waals surface area (Å²) in [4.78, 5) is 13.8. The zero-order chi connectivity index (χ0) is 12.7. The lowest BCUT2D eigenvalue weighted by molar-refractivity contribution is -0.122. The van der Waals surface area contributed by atoms with Crippen LogP contribution < -0.4 is 11.1 Å². The molecule has 1 aliphatic rings. The molecule has 1 amide bonds. The van der Waals surface area contributed by atoms with Gasteiger partial charge in [-0.05, 0) is 58.2 Å². The van der Waals surface area contributed by atoms with Crippen LogP contribution >= 0.6 is 0 Å². The van der Waals surface area contributed by atoms with Gasteiger partial charge in [-0.3, -0.25) is 4.79 Å². The fraction of sp³-hybridized carbons (Fsp3) is 0.923. The molecule has 1 aliphatic carbocycles. The first-order valence-electron chi connectivity index (χ1n) is 6.73. The molecule has 0 saturated heterocycles. The third-order valence-corrected chi connectivity index (χ3v) is 3.65. The summed E-state index contributed by atoms with van der Waals surface area (Å²) in [5.74, 6) is 1.49. The van der Waals surface area contributed by atoms with Crippen LogP contribution in [-0.2, 0) is 4.79 Å².